The second kappa shape index (κ2) is 4.43. The molecule has 0 fully saturated rings. The summed E-state index contributed by atoms with van der Waals surface area (Å²) in [7, 11) is 0. The van der Waals surface area contributed by atoms with Crippen LogP contribution in [-0.4, -0.2) is 19.7 Å². The number of nitrogens with zero attached hydrogens (tertiary/aromatic N) is 4. The fraction of sp³-hybridized carbons (Fsp3) is 0. The van der Waals surface area contributed by atoms with Crippen molar-refractivity contribution >= 4 is 32.5 Å². The van der Waals surface area contributed by atoms with E-state index in [1.54, 1.807) is 23.1 Å². The minimum Gasteiger partial charge on any atom is -0.258 e. The summed E-state index contributed by atoms with van der Waals surface area (Å²) < 4.78 is 2.52. The third-order valence-electron chi connectivity index (χ3n) is 2.69. The second-order valence-corrected chi connectivity index (χ2v) is 4.81. The lowest BCUT2D eigenvalue weighted by Crippen LogP contribution is -1.98. The van der Waals surface area contributed by atoms with Gasteiger partial charge in [0.1, 0.15) is 0 Å². The van der Waals surface area contributed by atoms with Gasteiger partial charge in [-0.05, 0) is 34.1 Å². The van der Waals surface area contributed by atoms with Gasteiger partial charge in [-0.1, -0.05) is 0 Å². The zero-order valence-electron chi connectivity index (χ0n) is 9.52. The Balaban J connectivity index is 2.15. The highest BCUT2D eigenvalue weighted by atomic mass is 79.9. The largest absolute Gasteiger partial charge is 0.270 e. The van der Waals surface area contributed by atoms with Crippen LogP contribution in [0.25, 0.3) is 16.7 Å². The summed E-state index contributed by atoms with van der Waals surface area (Å²) in [4.78, 5) is 14.5. The zero-order chi connectivity index (χ0) is 13.4. The molecule has 0 aliphatic carbocycles. The van der Waals surface area contributed by atoms with E-state index >= 15 is 0 Å². The molecule has 0 saturated heterocycles. The number of halogens is 1. The molecule has 0 saturated carbocycles. The molecule has 3 aromatic rings. The molecule has 2 aromatic heterocycles. The van der Waals surface area contributed by atoms with Crippen LogP contribution in [0.1, 0.15) is 0 Å². The molecule has 0 amide bonds. The number of benzene rings is 1. The third kappa shape index (κ3) is 2.08. The average molecular weight is 319 g/mol. The fourth-order valence-corrected chi connectivity index (χ4v) is 2.04. The summed E-state index contributed by atoms with van der Waals surface area (Å²) in [6.07, 6.45) is 3.26. The van der Waals surface area contributed by atoms with Crippen LogP contribution in [0.5, 0.6) is 0 Å². The molecule has 0 aliphatic rings. The number of non-ortho nitro benzene ring substituents is 1. The van der Waals surface area contributed by atoms with E-state index in [0.29, 0.717) is 11.2 Å². The van der Waals surface area contributed by atoms with Crippen molar-refractivity contribution in [2.24, 2.45) is 0 Å². The predicted octanol–water partition coefficient (Wildman–Crippen LogP) is 3.09. The Morgan fingerprint density at radius 3 is 2.74 bits per heavy atom. The maximum atomic E-state index is 10.7. The van der Waals surface area contributed by atoms with Crippen molar-refractivity contribution in [3.05, 3.63) is 57.3 Å². The van der Waals surface area contributed by atoms with Gasteiger partial charge in [0.15, 0.2) is 5.82 Å². The quantitative estimate of drug-likeness (QED) is 0.537. The number of hydrogen-bond donors (Lipinski definition) is 0. The standard InChI is InChI=1S/C12H7BrN4O2/c13-9-1-4-12(14-7-9)16-11-3-2-10(17(18)19)5-8(11)6-15-16/h1-7H. The highest BCUT2D eigenvalue weighted by Crippen LogP contribution is 2.22. The normalized spacial score (nSPS) is 10.8. The van der Waals surface area contributed by atoms with Crippen molar-refractivity contribution in [1.29, 1.82) is 0 Å². The Kier molecular flexibility index (Phi) is 2.75. The maximum Gasteiger partial charge on any atom is 0.270 e. The summed E-state index contributed by atoms with van der Waals surface area (Å²) in [6.45, 7) is 0. The Bertz CT molecular complexity index is 767. The van der Waals surface area contributed by atoms with Crippen LogP contribution in [0.3, 0.4) is 0 Å². The monoisotopic (exact) mass is 318 g/mol. The lowest BCUT2D eigenvalue weighted by molar-refractivity contribution is -0.384. The summed E-state index contributed by atoms with van der Waals surface area (Å²) >= 11 is 3.32. The van der Waals surface area contributed by atoms with Crippen LogP contribution >= 0.6 is 15.9 Å². The number of nitro benzene ring substituents is 1. The number of rotatable bonds is 2. The fourth-order valence-electron chi connectivity index (χ4n) is 1.81. The van der Waals surface area contributed by atoms with Crippen molar-refractivity contribution in [2.45, 2.75) is 0 Å². The average Bonchev–Trinajstić information content (AvgIpc) is 2.82. The number of aromatic nitrogens is 3. The first kappa shape index (κ1) is 11.8. The van der Waals surface area contributed by atoms with E-state index in [-0.39, 0.29) is 5.69 Å². The molecule has 0 atom stereocenters. The molecule has 0 aliphatic heterocycles. The SMILES string of the molecule is O=[N+]([O-])c1ccc2c(cnn2-c2ccc(Br)cn2)c1. The summed E-state index contributed by atoms with van der Waals surface area (Å²) in [6, 6.07) is 8.31. The van der Waals surface area contributed by atoms with Gasteiger partial charge < -0.3 is 0 Å². The van der Waals surface area contributed by atoms with Gasteiger partial charge in [0, 0.05) is 28.2 Å². The lowest BCUT2D eigenvalue weighted by Gasteiger charge is -2.02. The zero-order valence-corrected chi connectivity index (χ0v) is 11.1. The molecular formula is C12H7BrN4O2. The van der Waals surface area contributed by atoms with Crippen molar-refractivity contribution in [3.63, 3.8) is 0 Å². The molecule has 2 heterocycles. The minimum absolute atomic E-state index is 0.0517. The number of hydrogen-bond acceptors (Lipinski definition) is 4. The molecule has 0 unspecified atom stereocenters. The van der Waals surface area contributed by atoms with E-state index < -0.39 is 4.92 Å². The van der Waals surface area contributed by atoms with E-state index in [1.165, 1.54) is 12.1 Å². The van der Waals surface area contributed by atoms with Gasteiger partial charge in [0.05, 0.1) is 16.6 Å². The molecule has 1 aromatic carbocycles. The molecule has 19 heavy (non-hydrogen) atoms. The van der Waals surface area contributed by atoms with Crippen molar-refractivity contribution in [2.75, 3.05) is 0 Å². The van der Waals surface area contributed by atoms with E-state index in [9.17, 15) is 10.1 Å². The van der Waals surface area contributed by atoms with Crippen molar-refractivity contribution < 1.29 is 4.92 Å². The molecule has 3 rings (SSSR count). The molecule has 0 spiro atoms. The molecule has 0 radical (unpaired) electrons. The molecule has 6 nitrogen and oxygen atoms in total. The van der Waals surface area contributed by atoms with Gasteiger partial charge in [-0.3, -0.25) is 10.1 Å². The summed E-state index contributed by atoms with van der Waals surface area (Å²) in [5.74, 6) is 0.659. The first-order chi connectivity index (χ1) is 9.15. The highest BCUT2D eigenvalue weighted by Gasteiger charge is 2.11. The van der Waals surface area contributed by atoms with Gasteiger partial charge in [0.2, 0.25) is 0 Å². The maximum absolute atomic E-state index is 10.7. The highest BCUT2D eigenvalue weighted by molar-refractivity contribution is 9.10. The predicted molar refractivity (Wildman–Crippen MR) is 73.2 cm³/mol. The Hall–Kier alpha value is -2.28. The third-order valence-corrected chi connectivity index (χ3v) is 3.16. The van der Waals surface area contributed by atoms with Crippen LogP contribution in [-0.2, 0) is 0 Å². The molecular weight excluding hydrogens is 312 g/mol. The number of fused-ring (bicyclic) bond motifs is 1. The number of pyridine rings is 1. The first-order valence-electron chi connectivity index (χ1n) is 5.39. The van der Waals surface area contributed by atoms with E-state index in [2.05, 4.69) is 26.0 Å². The van der Waals surface area contributed by atoms with E-state index in [4.69, 9.17) is 0 Å². The molecule has 0 N–H and O–H groups in total. The van der Waals surface area contributed by atoms with E-state index in [1.807, 2.05) is 12.1 Å². The van der Waals surface area contributed by atoms with Gasteiger partial charge in [0.25, 0.3) is 5.69 Å². The van der Waals surface area contributed by atoms with Crippen LogP contribution in [0.2, 0.25) is 0 Å². The summed E-state index contributed by atoms with van der Waals surface area (Å²) in [5.41, 5.74) is 0.830. The van der Waals surface area contributed by atoms with Crippen LogP contribution in [0.4, 0.5) is 5.69 Å². The minimum atomic E-state index is -0.422. The van der Waals surface area contributed by atoms with Gasteiger partial charge in [-0.2, -0.15) is 5.10 Å². The van der Waals surface area contributed by atoms with Crippen molar-refractivity contribution in [1.82, 2.24) is 14.8 Å². The first-order valence-corrected chi connectivity index (χ1v) is 6.18. The molecule has 7 heteroatoms. The Morgan fingerprint density at radius 2 is 2.05 bits per heavy atom. The Labute approximate surface area is 116 Å². The lowest BCUT2D eigenvalue weighted by atomic mass is 10.2. The van der Waals surface area contributed by atoms with Crippen molar-refractivity contribution in [3.8, 4) is 5.82 Å². The topological polar surface area (TPSA) is 73.8 Å². The van der Waals surface area contributed by atoms with Crippen LogP contribution in [0, 0.1) is 10.1 Å². The molecule has 94 valence electrons. The van der Waals surface area contributed by atoms with Crippen LogP contribution in [0.15, 0.2) is 47.2 Å². The van der Waals surface area contributed by atoms with E-state index in [0.717, 1.165) is 9.99 Å². The summed E-state index contributed by atoms with van der Waals surface area (Å²) in [5, 5.41) is 15.6. The van der Waals surface area contributed by atoms with Gasteiger partial charge in [-0.15, -0.1) is 0 Å². The smallest absolute Gasteiger partial charge is 0.258 e. The van der Waals surface area contributed by atoms with Crippen LogP contribution < -0.4 is 0 Å². The van der Waals surface area contributed by atoms with Gasteiger partial charge in [-0.25, -0.2) is 9.67 Å². The van der Waals surface area contributed by atoms with Gasteiger partial charge >= 0.3 is 0 Å². The Morgan fingerprint density at radius 1 is 1.21 bits per heavy atom. The molecule has 0 bridgehead atoms. The number of nitro groups is 1. The second-order valence-electron chi connectivity index (χ2n) is 3.89.